The Morgan fingerprint density at radius 2 is 1.76 bits per heavy atom. The number of rotatable bonds is 3. The average Bonchev–Trinajstić information content (AvgIpc) is 2.31. The highest BCUT2D eigenvalue weighted by atomic mass is 79.9. The van der Waals surface area contributed by atoms with E-state index in [1.54, 1.807) is 12.1 Å². The Morgan fingerprint density at radius 3 is 2.47 bits per heavy atom. The molecule has 1 nitrogen and oxygen atoms in total. The van der Waals surface area contributed by atoms with Gasteiger partial charge in [0.1, 0.15) is 11.5 Å². The zero-order chi connectivity index (χ0) is 12.3. The van der Waals surface area contributed by atoms with Gasteiger partial charge in [0.25, 0.3) is 0 Å². The van der Waals surface area contributed by atoms with Gasteiger partial charge in [-0.2, -0.15) is 0 Å². The van der Waals surface area contributed by atoms with Crippen LogP contribution in [0.25, 0.3) is 0 Å². The Labute approximate surface area is 118 Å². The lowest BCUT2D eigenvalue weighted by Gasteiger charge is -2.10. The molecule has 0 radical (unpaired) electrons. The van der Waals surface area contributed by atoms with E-state index in [0.717, 1.165) is 11.3 Å². The first-order valence-electron chi connectivity index (χ1n) is 4.97. The van der Waals surface area contributed by atoms with E-state index in [-0.39, 0.29) is 0 Å². The molecule has 0 atom stereocenters. The molecule has 0 aromatic heterocycles. The monoisotopic (exact) mass is 330 g/mol. The first-order valence-corrected chi connectivity index (χ1v) is 6.84. The fourth-order valence-electron chi connectivity index (χ4n) is 1.41. The van der Waals surface area contributed by atoms with Gasteiger partial charge in [-0.15, -0.1) is 0 Å². The third-order valence-corrected chi connectivity index (χ3v) is 3.26. The number of ether oxygens (including phenoxy) is 1. The number of halogens is 3. The van der Waals surface area contributed by atoms with Crippen molar-refractivity contribution in [1.82, 2.24) is 0 Å². The van der Waals surface area contributed by atoms with Crippen molar-refractivity contribution in [2.75, 3.05) is 0 Å². The lowest BCUT2D eigenvalue weighted by atomic mass is 10.2. The Kier molecular flexibility index (Phi) is 4.32. The van der Waals surface area contributed by atoms with E-state index in [1.807, 2.05) is 30.3 Å². The molecule has 2 aromatic carbocycles. The van der Waals surface area contributed by atoms with E-state index in [1.165, 1.54) is 0 Å². The standard InChI is InChI=1S/C13H9BrCl2O/c14-8-9-6-11(16)4-5-13(9)17-12-3-1-2-10(15)7-12/h1-7H,8H2. The van der Waals surface area contributed by atoms with Gasteiger partial charge < -0.3 is 4.74 Å². The molecule has 0 spiro atoms. The highest BCUT2D eigenvalue weighted by Gasteiger charge is 2.05. The Morgan fingerprint density at radius 1 is 1.00 bits per heavy atom. The van der Waals surface area contributed by atoms with Crippen LogP contribution in [-0.2, 0) is 5.33 Å². The second kappa shape index (κ2) is 5.76. The van der Waals surface area contributed by atoms with Gasteiger partial charge in [0, 0.05) is 20.9 Å². The maximum atomic E-state index is 5.93. The summed E-state index contributed by atoms with van der Waals surface area (Å²) in [6.07, 6.45) is 0. The summed E-state index contributed by atoms with van der Waals surface area (Å²) in [5.74, 6) is 1.48. The van der Waals surface area contributed by atoms with Gasteiger partial charge in [-0.05, 0) is 36.4 Å². The fourth-order valence-corrected chi connectivity index (χ4v) is 2.22. The van der Waals surface area contributed by atoms with Crippen LogP contribution < -0.4 is 4.74 Å². The Bertz CT molecular complexity index is 529. The largest absolute Gasteiger partial charge is 0.457 e. The summed E-state index contributed by atoms with van der Waals surface area (Å²) >= 11 is 15.2. The molecule has 0 heterocycles. The van der Waals surface area contributed by atoms with Crippen molar-refractivity contribution in [3.8, 4) is 11.5 Å². The van der Waals surface area contributed by atoms with Gasteiger partial charge >= 0.3 is 0 Å². The topological polar surface area (TPSA) is 9.23 Å². The predicted octanol–water partition coefficient (Wildman–Crippen LogP) is 5.68. The maximum Gasteiger partial charge on any atom is 0.131 e. The molecule has 4 heteroatoms. The second-order valence-electron chi connectivity index (χ2n) is 3.45. The minimum Gasteiger partial charge on any atom is -0.457 e. The van der Waals surface area contributed by atoms with Gasteiger partial charge in [0.2, 0.25) is 0 Å². The molecule has 0 fully saturated rings. The molecule has 0 bridgehead atoms. The van der Waals surface area contributed by atoms with Crippen LogP contribution in [0.2, 0.25) is 10.0 Å². The van der Waals surface area contributed by atoms with E-state index >= 15 is 0 Å². The summed E-state index contributed by atoms with van der Waals surface area (Å²) in [6, 6.07) is 12.8. The second-order valence-corrected chi connectivity index (χ2v) is 4.88. The lowest BCUT2D eigenvalue weighted by molar-refractivity contribution is 0.478. The molecule has 0 aliphatic heterocycles. The van der Waals surface area contributed by atoms with Crippen LogP contribution in [0.5, 0.6) is 11.5 Å². The smallest absolute Gasteiger partial charge is 0.131 e. The zero-order valence-corrected chi connectivity index (χ0v) is 11.9. The van der Waals surface area contributed by atoms with Crippen LogP contribution in [0.3, 0.4) is 0 Å². The van der Waals surface area contributed by atoms with E-state index < -0.39 is 0 Å². The summed E-state index contributed by atoms with van der Waals surface area (Å²) in [7, 11) is 0. The van der Waals surface area contributed by atoms with Crippen LogP contribution in [0, 0.1) is 0 Å². The van der Waals surface area contributed by atoms with Crippen molar-refractivity contribution < 1.29 is 4.74 Å². The van der Waals surface area contributed by atoms with Crippen LogP contribution in [0.1, 0.15) is 5.56 Å². The molecule has 17 heavy (non-hydrogen) atoms. The van der Waals surface area contributed by atoms with Crippen LogP contribution in [-0.4, -0.2) is 0 Å². The summed E-state index contributed by atoms with van der Waals surface area (Å²) in [5.41, 5.74) is 0.998. The molecule has 0 amide bonds. The summed E-state index contributed by atoms with van der Waals surface area (Å²) in [4.78, 5) is 0. The molecular weight excluding hydrogens is 323 g/mol. The normalized spacial score (nSPS) is 10.3. The van der Waals surface area contributed by atoms with Crippen molar-refractivity contribution in [2.24, 2.45) is 0 Å². The number of hydrogen-bond acceptors (Lipinski definition) is 1. The molecule has 0 saturated heterocycles. The van der Waals surface area contributed by atoms with E-state index in [2.05, 4.69) is 15.9 Å². The minimum absolute atomic E-state index is 0.650. The van der Waals surface area contributed by atoms with Crippen molar-refractivity contribution >= 4 is 39.1 Å². The van der Waals surface area contributed by atoms with Gasteiger partial charge in [0.15, 0.2) is 0 Å². The van der Waals surface area contributed by atoms with Crippen molar-refractivity contribution in [3.05, 3.63) is 58.1 Å². The molecule has 88 valence electrons. The third kappa shape index (κ3) is 3.38. The molecule has 2 aromatic rings. The van der Waals surface area contributed by atoms with E-state index in [9.17, 15) is 0 Å². The first-order chi connectivity index (χ1) is 8.19. The highest BCUT2D eigenvalue weighted by Crippen LogP contribution is 2.30. The maximum absolute atomic E-state index is 5.93. The van der Waals surface area contributed by atoms with Gasteiger partial charge in [-0.25, -0.2) is 0 Å². The molecule has 0 N–H and O–H groups in total. The summed E-state index contributed by atoms with van der Waals surface area (Å²) < 4.78 is 5.76. The molecule has 2 rings (SSSR count). The molecular formula is C13H9BrCl2O. The summed E-state index contributed by atoms with van der Waals surface area (Å²) in [5, 5.41) is 2.03. The number of benzene rings is 2. The lowest BCUT2D eigenvalue weighted by Crippen LogP contribution is -1.89. The molecule has 0 aliphatic carbocycles. The predicted molar refractivity (Wildman–Crippen MR) is 75.6 cm³/mol. The third-order valence-electron chi connectivity index (χ3n) is 2.19. The van der Waals surface area contributed by atoms with Crippen molar-refractivity contribution in [1.29, 1.82) is 0 Å². The van der Waals surface area contributed by atoms with Crippen LogP contribution in [0.15, 0.2) is 42.5 Å². The van der Waals surface area contributed by atoms with Crippen molar-refractivity contribution in [2.45, 2.75) is 5.33 Å². The van der Waals surface area contributed by atoms with Crippen LogP contribution in [0.4, 0.5) is 0 Å². The van der Waals surface area contributed by atoms with Crippen LogP contribution >= 0.6 is 39.1 Å². The zero-order valence-electron chi connectivity index (χ0n) is 8.79. The van der Waals surface area contributed by atoms with E-state index in [4.69, 9.17) is 27.9 Å². The molecule has 0 aliphatic rings. The highest BCUT2D eigenvalue weighted by molar-refractivity contribution is 9.08. The average molecular weight is 332 g/mol. The van der Waals surface area contributed by atoms with Gasteiger partial charge in [0.05, 0.1) is 0 Å². The van der Waals surface area contributed by atoms with Gasteiger partial charge in [-0.3, -0.25) is 0 Å². The van der Waals surface area contributed by atoms with Gasteiger partial charge in [-0.1, -0.05) is 45.2 Å². The fraction of sp³-hybridized carbons (Fsp3) is 0.0769. The molecule has 0 unspecified atom stereocenters. The Balaban J connectivity index is 2.29. The van der Waals surface area contributed by atoms with E-state index in [0.29, 0.717) is 21.1 Å². The number of hydrogen-bond donors (Lipinski definition) is 0. The quantitative estimate of drug-likeness (QED) is 0.657. The minimum atomic E-state index is 0.650. The molecule has 0 saturated carbocycles. The number of alkyl halides is 1. The first kappa shape index (κ1) is 12.7. The summed E-state index contributed by atoms with van der Waals surface area (Å²) in [6.45, 7) is 0. The van der Waals surface area contributed by atoms with Crippen molar-refractivity contribution in [3.63, 3.8) is 0 Å². The SMILES string of the molecule is Clc1cccc(Oc2ccc(Cl)cc2CBr)c1. The Hall–Kier alpha value is -0.700.